The van der Waals surface area contributed by atoms with Crippen LogP contribution in [0.4, 0.5) is 11.4 Å². The van der Waals surface area contributed by atoms with Crippen LogP contribution in [0.1, 0.15) is 24.8 Å². The van der Waals surface area contributed by atoms with Crippen LogP contribution < -0.4 is 10.2 Å². The number of nitrogens with one attached hydrogen (secondary N) is 1. The quantitative estimate of drug-likeness (QED) is 0.880. The highest BCUT2D eigenvalue weighted by molar-refractivity contribution is 5.74. The highest BCUT2D eigenvalue weighted by atomic mass is 15.2. The van der Waals surface area contributed by atoms with Crippen LogP contribution in [0.2, 0.25) is 0 Å². The molecule has 0 amide bonds. The van der Waals surface area contributed by atoms with Gasteiger partial charge in [-0.15, -0.1) is 0 Å². The third-order valence-electron chi connectivity index (χ3n) is 4.67. The predicted octanol–water partition coefficient (Wildman–Crippen LogP) is 2.58. The molecule has 1 N–H and O–H groups in total. The van der Waals surface area contributed by atoms with Gasteiger partial charge in [-0.05, 0) is 57.5 Å². The molecule has 0 aliphatic carbocycles. The lowest BCUT2D eigenvalue weighted by molar-refractivity contribution is 0.253. The maximum atomic E-state index is 3.61. The summed E-state index contributed by atoms with van der Waals surface area (Å²) >= 11 is 0. The average molecular weight is 259 g/mol. The summed E-state index contributed by atoms with van der Waals surface area (Å²) < 4.78 is 0. The van der Waals surface area contributed by atoms with E-state index in [9.17, 15) is 0 Å². The molecule has 2 aliphatic rings. The van der Waals surface area contributed by atoms with Gasteiger partial charge in [-0.2, -0.15) is 0 Å². The second-order valence-electron chi connectivity index (χ2n) is 5.99. The molecule has 1 aromatic carbocycles. The molecule has 0 bridgehead atoms. The van der Waals surface area contributed by atoms with Crippen LogP contribution in [0.15, 0.2) is 18.2 Å². The molecule has 0 spiro atoms. The van der Waals surface area contributed by atoms with E-state index in [2.05, 4.69) is 47.4 Å². The van der Waals surface area contributed by atoms with Crippen molar-refractivity contribution in [2.75, 3.05) is 43.9 Å². The van der Waals surface area contributed by atoms with Gasteiger partial charge in [0.25, 0.3) is 0 Å². The van der Waals surface area contributed by atoms with Crippen LogP contribution in [0.5, 0.6) is 0 Å². The Morgan fingerprint density at radius 1 is 1.26 bits per heavy atom. The summed E-state index contributed by atoms with van der Waals surface area (Å²) in [7, 11) is 4.49. The number of fused-ring (bicyclic) bond motifs is 1. The number of anilines is 2. The summed E-state index contributed by atoms with van der Waals surface area (Å²) in [6.45, 7) is 3.56. The molecule has 1 aromatic rings. The van der Waals surface area contributed by atoms with Crippen molar-refractivity contribution in [3.05, 3.63) is 23.8 Å². The van der Waals surface area contributed by atoms with E-state index in [1.165, 1.54) is 55.7 Å². The molecule has 2 heterocycles. The SMILES string of the molecule is CN1CCC(N(C)c2cccc3c2NCCC3)CC1. The van der Waals surface area contributed by atoms with Crippen LogP contribution in [0.25, 0.3) is 0 Å². The van der Waals surface area contributed by atoms with E-state index in [-0.39, 0.29) is 0 Å². The van der Waals surface area contributed by atoms with Crippen molar-refractivity contribution in [2.45, 2.75) is 31.7 Å². The number of benzene rings is 1. The summed E-state index contributed by atoms with van der Waals surface area (Å²) in [5.41, 5.74) is 4.27. The summed E-state index contributed by atoms with van der Waals surface area (Å²) in [5.74, 6) is 0. The molecule has 0 atom stereocenters. The lowest BCUT2D eigenvalue weighted by Crippen LogP contribution is -2.42. The first-order valence-electron chi connectivity index (χ1n) is 7.53. The molecule has 3 heteroatoms. The molecule has 2 aliphatic heterocycles. The van der Waals surface area contributed by atoms with Gasteiger partial charge in [0, 0.05) is 19.6 Å². The largest absolute Gasteiger partial charge is 0.383 e. The second kappa shape index (κ2) is 5.41. The van der Waals surface area contributed by atoms with Gasteiger partial charge in [-0.25, -0.2) is 0 Å². The summed E-state index contributed by atoms with van der Waals surface area (Å²) in [5, 5.41) is 3.61. The van der Waals surface area contributed by atoms with Gasteiger partial charge in [0.1, 0.15) is 0 Å². The Hall–Kier alpha value is -1.22. The van der Waals surface area contributed by atoms with Crippen molar-refractivity contribution in [1.29, 1.82) is 0 Å². The van der Waals surface area contributed by atoms with Gasteiger partial charge in [-0.1, -0.05) is 12.1 Å². The van der Waals surface area contributed by atoms with E-state index in [1.807, 2.05) is 0 Å². The first-order valence-corrected chi connectivity index (χ1v) is 7.53. The highest BCUT2D eigenvalue weighted by Crippen LogP contribution is 2.34. The number of piperidine rings is 1. The standard InChI is InChI=1S/C16H25N3/c1-18-11-8-14(9-12-18)19(2)15-7-3-5-13-6-4-10-17-16(13)15/h3,5,7,14,17H,4,6,8-12H2,1-2H3. The van der Waals surface area contributed by atoms with Crippen LogP contribution in [-0.2, 0) is 6.42 Å². The first kappa shape index (κ1) is 12.8. The third-order valence-corrected chi connectivity index (χ3v) is 4.67. The minimum absolute atomic E-state index is 0.687. The van der Waals surface area contributed by atoms with E-state index in [1.54, 1.807) is 0 Å². The van der Waals surface area contributed by atoms with E-state index < -0.39 is 0 Å². The topological polar surface area (TPSA) is 18.5 Å². The van der Waals surface area contributed by atoms with Gasteiger partial charge in [0.05, 0.1) is 11.4 Å². The zero-order valence-electron chi connectivity index (χ0n) is 12.2. The van der Waals surface area contributed by atoms with Gasteiger partial charge in [0.15, 0.2) is 0 Å². The van der Waals surface area contributed by atoms with Crippen LogP contribution in [-0.4, -0.2) is 44.7 Å². The molecule has 19 heavy (non-hydrogen) atoms. The van der Waals surface area contributed by atoms with Crippen molar-refractivity contribution in [3.63, 3.8) is 0 Å². The smallest absolute Gasteiger partial charge is 0.0610 e. The Labute approximate surface area is 116 Å². The molecule has 104 valence electrons. The molecule has 3 nitrogen and oxygen atoms in total. The molecule has 0 radical (unpaired) electrons. The van der Waals surface area contributed by atoms with Crippen molar-refractivity contribution in [3.8, 4) is 0 Å². The lowest BCUT2D eigenvalue weighted by atomic mass is 9.99. The summed E-state index contributed by atoms with van der Waals surface area (Å²) in [4.78, 5) is 4.94. The number of likely N-dealkylation sites (tertiary alicyclic amines) is 1. The molecule has 1 fully saturated rings. The Morgan fingerprint density at radius 3 is 2.84 bits per heavy atom. The van der Waals surface area contributed by atoms with E-state index in [0.717, 1.165) is 6.54 Å². The Morgan fingerprint density at radius 2 is 2.05 bits per heavy atom. The fourth-order valence-electron chi connectivity index (χ4n) is 3.36. The summed E-state index contributed by atoms with van der Waals surface area (Å²) in [6.07, 6.45) is 5.03. The fraction of sp³-hybridized carbons (Fsp3) is 0.625. The minimum atomic E-state index is 0.687. The Kier molecular flexibility index (Phi) is 3.65. The number of rotatable bonds is 2. The maximum absolute atomic E-state index is 3.61. The number of para-hydroxylation sites is 1. The van der Waals surface area contributed by atoms with Crippen LogP contribution in [0, 0.1) is 0 Å². The van der Waals surface area contributed by atoms with Gasteiger partial charge in [-0.3, -0.25) is 0 Å². The predicted molar refractivity (Wildman–Crippen MR) is 82.2 cm³/mol. The highest BCUT2D eigenvalue weighted by Gasteiger charge is 2.23. The average Bonchev–Trinajstić information content (AvgIpc) is 2.47. The first-order chi connectivity index (χ1) is 9.25. The van der Waals surface area contributed by atoms with Crippen molar-refractivity contribution in [2.24, 2.45) is 0 Å². The molecule has 1 saturated heterocycles. The monoisotopic (exact) mass is 259 g/mol. The van der Waals surface area contributed by atoms with E-state index >= 15 is 0 Å². The van der Waals surface area contributed by atoms with Crippen molar-refractivity contribution in [1.82, 2.24) is 4.90 Å². The number of hydrogen-bond acceptors (Lipinski definition) is 3. The number of aryl methyl sites for hydroxylation is 1. The van der Waals surface area contributed by atoms with Crippen LogP contribution >= 0.6 is 0 Å². The molecule has 0 unspecified atom stereocenters. The van der Waals surface area contributed by atoms with Gasteiger partial charge >= 0.3 is 0 Å². The zero-order chi connectivity index (χ0) is 13.2. The van der Waals surface area contributed by atoms with Gasteiger partial charge < -0.3 is 15.1 Å². The molecule has 0 saturated carbocycles. The Bertz CT molecular complexity index is 436. The lowest BCUT2D eigenvalue weighted by Gasteiger charge is -2.38. The number of nitrogens with zero attached hydrogens (tertiary/aromatic N) is 2. The van der Waals surface area contributed by atoms with Crippen LogP contribution in [0.3, 0.4) is 0 Å². The molecule has 0 aromatic heterocycles. The normalized spacial score (nSPS) is 20.7. The fourth-order valence-corrected chi connectivity index (χ4v) is 3.36. The molecular formula is C16H25N3. The summed E-state index contributed by atoms with van der Waals surface area (Å²) in [6, 6.07) is 7.45. The zero-order valence-corrected chi connectivity index (χ0v) is 12.2. The minimum Gasteiger partial charge on any atom is -0.383 e. The van der Waals surface area contributed by atoms with Crippen molar-refractivity contribution < 1.29 is 0 Å². The molecule has 3 rings (SSSR count). The van der Waals surface area contributed by atoms with Crippen molar-refractivity contribution >= 4 is 11.4 Å². The second-order valence-corrected chi connectivity index (χ2v) is 5.99. The third kappa shape index (κ3) is 2.57. The van der Waals surface area contributed by atoms with Gasteiger partial charge in [0.2, 0.25) is 0 Å². The number of hydrogen-bond donors (Lipinski definition) is 1. The van der Waals surface area contributed by atoms with E-state index in [0.29, 0.717) is 6.04 Å². The Balaban J connectivity index is 1.81. The molecular weight excluding hydrogens is 234 g/mol. The van der Waals surface area contributed by atoms with E-state index in [4.69, 9.17) is 0 Å². The maximum Gasteiger partial charge on any atom is 0.0610 e.